The van der Waals surface area contributed by atoms with Crippen molar-refractivity contribution in [2.45, 2.75) is 12.6 Å². The Bertz CT molecular complexity index is 257. The number of nitrogens with one attached hydrogen (secondary N) is 1. The van der Waals surface area contributed by atoms with E-state index in [1.807, 2.05) is 0 Å². The lowest BCUT2D eigenvalue weighted by Crippen LogP contribution is -2.18. The molecule has 1 aliphatic heterocycles. The lowest BCUT2D eigenvalue weighted by Gasteiger charge is -2.14. The van der Waals surface area contributed by atoms with Crippen LogP contribution in [0, 0.1) is 5.92 Å². The van der Waals surface area contributed by atoms with Crippen LogP contribution in [-0.4, -0.2) is 12.1 Å². The van der Waals surface area contributed by atoms with Crippen molar-refractivity contribution in [2.75, 3.05) is 0 Å². The number of allylic oxidation sites excluding steroid dienone is 4. The fourth-order valence-corrected chi connectivity index (χ4v) is 1.46. The van der Waals surface area contributed by atoms with Crippen LogP contribution in [0.3, 0.4) is 0 Å². The minimum Gasteiger partial charge on any atom is -0.329 e. The second kappa shape index (κ2) is 2.19. The van der Waals surface area contributed by atoms with E-state index in [9.17, 15) is 9.18 Å². The van der Waals surface area contributed by atoms with Crippen LogP contribution in [0.15, 0.2) is 23.9 Å². The third-order valence-electron chi connectivity index (χ3n) is 2.04. The first-order valence-electron chi connectivity index (χ1n) is 3.59. The van der Waals surface area contributed by atoms with Crippen molar-refractivity contribution in [1.29, 1.82) is 0 Å². The van der Waals surface area contributed by atoms with Gasteiger partial charge in [0.05, 0.1) is 0 Å². The van der Waals surface area contributed by atoms with Crippen molar-refractivity contribution in [3.8, 4) is 0 Å². The predicted octanol–water partition coefficient (Wildman–Crippen LogP) is 0.914. The first kappa shape index (κ1) is 6.58. The van der Waals surface area contributed by atoms with Crippen molar-refractivity contribution in [3.05, 3.63) is 23.9 Å². The number of hydrogen-bond acceptors (Lipinski definition) is 1. The highest BCUT2D eigenvalue weighted by Crippen LogP contribution is 2.29. The van der Waals surface area contributed by atoms with E-state index in [1.54, 1.807) is 12.2 Å². The fourth-order valence-electron chi connectivity index (χ4n) is 1.46. The third kappa shape index (κ3) is 0.964. The van der Waals surface area contributed by atoms with Crippen LogP contribution in [0.4, 0.5) is 4.39 Å². The Morgan fingerprint density at radius 1 is 1.64 bits per heavy atom. The van der Waals surface area contributed by atoms with Crippen molar-refractivity contribution in [1.82, 2.24) is 5.32 Å². The molecular weight excluding hydrogens is 145 g/mol. The number of carbonyl (C=O) groups excluding carboxylic acids is 1. The largest absolute Gasteiger partial charge is 0.329 e. The Morgan fingerprint density at radius 2 is 2.45 bits per heavy atom. The van der Waals surface area contributed by atoms with Crippen LogP contribution >= 0.6 is 0 Å². The average molecular weight is 153 g/mol. The second-order valence-electron chi connectivity index (χ2n) is 2.81. The zero-order valence-electron chi connectivity index (χ0n) is 5.88. The third-order valence-corrected chi connectivity index (χ3v) is 2.04. The highest BCUT2D eigenvalue weighted by atomic mass is 19.1. The van der Waals surface area contributed by atoms with E-state index in [1.165, 1.54) is 6.08 Å². The SMILES string of the molecule is O=C1CC2C(=CC=CC2F)N1. The zero-order chi connectivity index (χ0) is 7.84. The van der Waals surface area contributed by atoms with Gasteiger partial charge in [0.15, 0.2) is 0 Å². The lowest BCUT2D eigenvalue weighted by atomic mass is 9.95. The standard InChI is InChI=1S/C8H8FNO/c9-6-2-1-3-7-5(6)4-8(11)10-7/h1-3,5-6H,4H2,(H,10,11). The number of amides is 1. The van der Waals surface area contributed by atoms with Crippen molar-refractivity contribution in [3.63, 3.8) is 0 Å². The summed E-state index contributed by atoms with van der Waals surface area (Å²) in [6, 6.07) is 0. The highest BCUT2D eigenvalue weighted by Gasteiger charge is 2.33. The smallest absolute Gasteiger partial charge is 0.224 e. The highest BCUT2D eigenvalue weighted by molar-refractivity contribution is 5.82. The summed E-state index contributed by atoms with van der Waals surface area (Å²) in [5.74, 6) is -0.319. The first-order valence-corrected chi connectivity index (χ1v) is 3.59. The number of halogens is 1. The van der Waals surface area contributed by atoms with Gasteiger partial charge in [-0.25, -0.2) is 4.39 Å². The normalized spacial score (nSPS) is 34.6. The second-order valence-corrected chi connectivity index (χ2v) is 2.81. The van der Waals surface area contributed by atoms with Crippen LogP contribution < -0.4 is 5.32 Å². The van der Waals surface area contributed by atoms with E-state index in [4.69, 9.17) is 0 Å². The molecule has 2 atom stereocenters. The zero-order valence-corrected chi connectivity index (χ0v) is 5.88. The molecule has 1 aliphatic carbocycles. The van der Waals surface area contributed by atoms with Gasteiger partial charge in [-0.05, 0) is 12.2 Å². The summed E-state index contributed by atoms with van der Waals surface area (Å²) in [5, 5.41) is 2.62. The summed E-state index contributed by atoms with van der Waals surface area (Å²) < 4.78 is 13.0. The summed E-state index contributed by atoms with van der Waals surface area (Å²) in [5.41, 5.74) is 0.727. The molecule has 58 valence electrons. The molecule has 1 saturated heterocycles. The van der Waals surface area contributed by atoms with Crippen LogP contribution in [0.25, 0.3) is 0 Å². The molecule has 0 saturated carbocycles. The van der Waals surface area contributed by atoms with Gasteiger partial charge in [0, 0.05) is 18.0 Å². The molecule has 2 aliphatic rings. The van der Waals surface area contributed by atoms with Gasteiger partial charge >= 0.3 is 0 Å². The Hall–Kier alpha value is -1.12. The molecule has 1 N–H and O–H groups in total. The van der Waals surface area contributed by atoms with E-state index in [2.05, 4.69) is 5.32 Å². The molecule has 0 aromatic carbocycles. The number of hydrogen-bond donors (Lipinski definition) is 1. The van der Waals surface area contributed by atoms with Crippen LogP contribution in [0.5, 0.6) is 0 Å². The Balaban J connectivity index is 2.28. The van der Waals surface area contributed by atoms with E-state index in [0.717, 1.165) is 5.70 Å². The summed E-state index contributed by atoms with van der Waals surface area (Å²) in [4.78, 5) is 10.8. The van der Waals surface area contributed by atoms with Crippen molar-refractivity contribution < 1.29 is 9.18 Å². The summed E-state index contributed by atoms with van der Waals surface area (Å²) >= 11 is 0. The van der Waals surface area contributed by atoms with E-state index in [-0.39, 0.29) is 18.2 Å². The first-order chi connectivity index (χ1) is 5.27. The molecule has 0 radical (unpaired) electrons. The van der Waals surface area contributed by atoms with Crippen LogP contribution in [0.2, 0.25) is 0 Å². The molecule has 0 bridgehead atoms. The van der Waals surface area contributed by atoms with Gasteiger partial charge in [-0.15, -0.1) is 0 Å². The molecule has 2 nitrogen and oxygen atoms in total. The molecule has 1 fully saturated rings. The molecule has 0 aromatic rings. The number of carbonyl (C=O) groups is 1. The Morgan fingerprint density at radius 3 is 3.18 bits per heavy atom. The van der Waals surface area contributed by atoms with E-state index >= 15 is 0 Å². The molecule has 1 amide bonds. The monoisotopic (exact) mass is 153 g/mol. The fraction of sp³-hybridized carbons (Fsp3) is 0.375. The number of alkyl halides is 1. The summed E-state index contributed by atoms with van der Waals surface area (Å²) in [6.45, 7) is 0. The van der Waals surface area contributed by atoms with Gasteiger partial charge in [0.25, 0.3) is 0 Å². The lowest BCUT2D eigenvalue weighted by molar-refractivity contribution is -0.119. The molecule has 0 spiro atoms. The molecule has 2 unspecified atom stereocenters. The minimum absolute atomic E-state index is 0.0763. The van der Waals surface area contributed by atoms with Gasteiger partial charge in [-0.3, -0.25) is 4.79 Å². The van der Waals surface area contributed by atoms with Gasteiger partial charge in [0.1, 0.15) is 6.17 Å². The summed E-state index contributed by atoms with van der Waals surface area (Å²) in [7, 11) is 0. The predicted molar refractivity (Wildman–Crippen MR) is 38.4 cm³/mol. The van der Waals surface area contributed by atoms with Crippen molar-refractivity contribution >= 4 is 5.91 Å². The molecule has 2 rings (SSSR count). The minimum atomic E-state index is -0.992. The Kier molecular flexibility index (Phi) is 1.31. The maximum atomic E-state index is 13.0. The maximum absolute atomic E-state index is 13.0. The number of rotatable bonds is 0. The Labute approximate surface area is 63.8 Å². The summed E-state index contributed by atoms with van der Waals surface area (Å²) in [6.07, 6.45) is 4.17. The molecule has 1 heterocycles. The van der Waals surface area contributed by atoms with Gasteiger partial charge < -0.3 is 5.32 Å². The van der Waals surface area contributed by atoms with Gasteiger partial charge in [0.2, 0.25) is 5.91 Å². The molecular formula is C8H8FNO. The van der Waals surface area contributed by atoms with Crippen LogP contribution in [0.1, 0.15) is 6.42 Å². The average Bonchev–Trinajstić information content (AvgIpc) is 2.31. The quantitative estimate of drug-likeness (QED) is 0.550. The van der Waals surface area contributed by atoms with E-state index in [0.29, 0.717) is 0 Å². The molecule has 3 heteroatoms. The molecule has 11 heavy (non-hydrogen) atoms. The van der Waals surface area contributed by atoms with E-state index < -0.39 is 6.17 Å². The van der Waals surface area contributed by atoms with Crippen molar-refractivity contribution in [2.24, 2.45) is 5.92 Å². The topological polar surface area (TPSA) is 29.1 Å². The van der Waals surface area contributed by atoms with Gasteiger partial charge in [-0.1, -0.05) is 6.08 Å². The maximum Gasteiger partial charge on any atom is 0.224 e. The van der Waals surface area contributed by atoms with Gasteiger partial charge in [-0.2, -0.15) is 0 Å². The number of fused-ring (bicyclic) bond motifs is 1. The van der Waals surface area contributed by atoms with Crippen LogP contribution in [-0.2, 0) is 4.79 Å². The molecule has 0 aromatic heterocycles.